The molecule has 0 N–H and O–H groups in total. The van der Waals surface area contributed by atoms with E-state index < -0.39 is 0 Å². The summed E-state index contributed by atoms with van der Waals surface area (Å²) in [6, 6.07) is 7.41. The van der Waals surface area contributed by atoms with Crippen molar-refractivity contribution in [3.05, 3.63) is 46.4 Å². The minimum absolute atomic E-state index is 0.0368. The first-order valence-corrected chi connectivity index (χ1v) is 9.22. The molecule has 0 saturated carbocycles. The highest BCUT2D eigenvalue weighted by molar-refractivity contribution is 7.98. The number of thioether (sulfide) groups is 1. The van der Waals surface area contributed by atoms with Crippen molar-refractivity contribution >= 4 is 22.7 Å². The number of aromatic nitrogens is 4. The van der Waals surface area contributed by atoms with E-state index in [9.17, 15) is 4.79 Å². The zero-order valence-electron chi connectivity index (χ0n) is 13.8. The second-order valence-electron chi connectivity index (χ2n) is 5.97. The van der Waals surface area contributed by atoms with Crippen molar-refractivity contribution in [1.82, 2.24) is 19.7 Å². The summed E-state index contributed by atoms with van der Waals surface area (Å²) in [5.41, 5.74) is 0.658. The molecule has 25 heavy (non-hydrogen) atoms. The average Bonchev–Trinajstić information content (AvgIpc) is 3.27. The highest BCUT2D eigenvalue weighted by atomic mass is 32.2. The fraction of sp³-hybridized carbons (Fsp3) is 0.412. The second kappa shape index (κ2) is 6.97. The number of rotatable bonds is 5. The second-order valence-corrected chi connectivity index (χ2v) is 6.91. The van der Waals surface area contributed by atoms with Crippen molar-refractivity contribution < 1.29 is 9.15 Å². The van der Waals surface area contributed by atoms with Crippen LogP contribution in [0, 0.1) is 6.92 Å². The number of aryl methyl sites for hydroxylation is 1. The number of para-hydroxylation sites is 1. The van der Waals surface area contributed by atoms with Gasteiger partial charge in [0.1, 0.15) is 0 Å². The standard InChI is InChI=1S/C17H18N4O3S/c1-11-19-20-15(24-11)10-25-17-18-14-7-3-2-6-13(14)16(22)21(17)9-12-5-4-8-23-12/h2-3,6-7,12H,4-5,8-10H2,1H3/t12-/m1/s1. The van der Waals surface area contributed by atoms with Crippen molar-refractivity contribution in [1.29, 1.82) is 0 Å². The van der Waals surface area contributed by atoms with Crippen LogP contribution >= 0.6 is 11.8 Å². The summed E-state index contributed by atoms with van der Waals surface area (Å²) < 4.78 is 12.8. The molecule has 0 amide bonds. The van der Waals surface area contributed by atoms with Gasteiger partial charge in [0.25, 0.3) is 5.56 Å². The Labute approximate surface area is 148 Å². The van der Waals surface area contributed by atoms with E-state index in [1.807, 2.05) is 24.3 Å². The summed E-state index contributed by atoms with van der Waals surface area (Å²) in [7, 11) is 0. The van der Waals surface area contributed by atoms with Crippen LogP contribution in [0.25, 0.3) is 10.9 Å². The first-order chi connectivity index (χ1) is 12.2. The van der Waals surface area contributed by atoms with Crippen molar-refractivity contribution in [2.45, 2.75) is 43.3 Å². The lowest BCUT2D eigenvalue weighted by atomic mass is 10.2. The Kier molecular flexibility index (Phi) is 4.54. The molecule has 0 bridgehead atoms. The molecular formula is C17H18N4O3S. The number of benzene rings is 1. The van der Waals surface area contributed by atoms with E-state index in [4.69, 9.17) is 9.15 Å². The Morgan fingerprint density at radius 2 is 2.20 bits per heavy atom. The summed E-state index contributed by atoms with van der Waals surface area (Å²) in [6.07, 6.45) is 2.06. The quantitative estimate of drug-likeness (QED) is 0.512. The van der Waals surface area contributed by atoms with Crippen LogP contribution in [0.5, 0.6) is 0 Å². The molecule has 0 aliphatic carbocycles. The lowest BCUT2D eigenvalue weighted by molar-refractivity contribution is 0.0937. The molecule has 0 spiro atoms. The van der Waals surface area contributed by atoms with E-state index in [1.54, 1.807) is 11.5 Å². The Hall–Kier alpha value is -2.19. The van der Waals surface area contributed by atoms with Crippen LogP contribution in [0.3, 0.4) is 0 Å². The topological polar surface area (TPSA) is 83.0 Å². The number of hydrogen-bond donors (Lipinski definition) is 0. The lowest BCUT2D eigenvalue weighted by Crippen LogP contribution is -2.28. The Balaban J connectivity index is 1.70. The molecule has 3 aromatic rings. The molecule has 1 aromatic carbocycles. The van der Waals surface area contributed by atoms with Gasteiger partial charge in [0.05, 0.1) is 29.3 Å². The minimum Gasteiger partial charge on any atom is -0.425 e. The van der Waals surface area contributed by atoms with Gasteiger partial charge in [0.2, 0.25) is 11.8 Å². The van der Waals surface area contributed by atoms with Crippen LogP contribution in [-0.2, 0) is 17.0 Å². The lowest BCUT2D eigenvalue weighted by Gasteiger charge is -2.16. The van der Waals surface area contributed by atoms with Crippen LogP contribution in [-0.4, -0.2) is 32.5 Å². The van der Waals surface area contributed by atoms with Crippen LogP contribution in [0.2, 0.25) is 0 Å². The molecule has 1 fully saturated rings. The molecule has 4 rings (SSSR count). The Bertz CT molecular complexity index is 946. The summed E-state index contributed by atoms with van der Waals surface area (Å²) in [5.74, 6) is 1.52. The highest BCUT2D eigenvalue weighted by Crippen LogP contribution is 2.23. The molecule has 3 heterocycles. The molecule has 8 heteroatoms. The van der Waals surface area contributed by atoms with Gasteiger partial charge in [0.15, 0.2) is 5.16 Å². The van der Waals surface area contributed by atoms with Gasteiger partial charge in [-0.3, -0.25) is 9.36 Å². The maximum absolute atomic E-state index is 13.0. The Morgan fingerprint density at radius 1 is 1.32 bits per heavy atom. The zero-order valence-corrected chi connectivity index (χ0v) is 14.7. The normalized spacial score (nSPS) is 17.4. The van der Waals surface area contributed by atoms with E-state index in [0.717, 1.165) is 19.4 Å². The molecular weight excluding hydrogens is 340 g/mol. The van der Waals surface area contributed by atoms with Gasteiger partial charge >= 0.3 is 0 Å². The molecule has 1 saturated heterocycles. The smallest absolute Gasteiger partial charge is 0.262 e. The molecule has 0 unspecified atom stereocenters. The van der Waals surface area contributed by atoms with Gasteiger partial charge in [-0.15, -0.1) is 10.2 Å². The van der Waals surface area contributed by atoms with E-state index in [-0.39, 0.29) is 11.7 Å². The van der Waals surface area contributed by atoms with E-state index >= 15 is 0 Å². The third kappa shape index (κ3) is 3.45. The van der Waals surface area contributed by atoms with Gasteiger partial charge in [-0.1, -0.05) is 23.9 Å². The maximum Gasteiger partial charge on any atom is 0.262 e. The number of nitrogens with zero attached hydrogens (tertiary/aromatic N) is 4. The summed E-state index contributed by atoms with van der Waals surface area (Å²) in [5, 5.41) is 9.11. The Morgan fingerprint density at radius 3 is 2.96 bits per heavy atom. The van der Waals surface area contributed by atoms with Crippen LogP contribution in [0.4, 0.5) is 0 Å². The molecule has 1 atom stereocenters. The van der Waals surface area contributed by atoms with Crippen LogP contribution < -0.4 is 5.56 Å². The fourth-order valence-corrected chi connectivity index (χ4v) is 3.78. The zero-order chi connectivity index (χ0) is 17.2. The predicted octanol–water partition coefficient (Wildman–Crippen LogP) is 2.56. The minimum atomic E-state index is -0.0368. The van der Waals surface area contributed by atoms with Crippen LogP contribution in [0.15, 0.2) is 38.6 Å². The molecule has 2 aromatic heterocycles. The third-order valence-electron chi connectivity index (χ3n) is 4.13. The third-order valence-corrected chi connectivity index (χ3v) is 5.09. The molecule has 1 aliphatic rings. The first kappa shape index (κ1) is 16.3. The number of hydrogen-bond acceptors (Lipinski definition) is 7. The van der Waals surface area contributed by atoms with Gasteiger partial charge in [-0.2, -0.15) is 0 Å². The summed E-state index contributed by atoms with van der Waals surface area (Å²) in [4.78, 5) is 17.6. The molecule has 7 nitrogen and oxygen atoms in total. The maximum atomic E-state index is 13.0. The summed E-state index contributed by atoms with van der Waals surface area (Å²) >= 11 is 1.43. The van der Waals surface area contributed by atoms with Gasteiger partial charge in [-0.25, -0.2) is 4.98 Å². The van der Waals surface area contributed by atoms with E-state index in [1.165, 1.54) is 11.8 Å². The van der Waals surface area contributed by atoms with Gasteiger partial charge in [0, 0.05) is 13.5 Å². The SMILES string of the molecule is Cc1nnc(CSc2nc3ccccc3c(=O)n2C[C@H]2CCCO2)o1. The van der Waals surface area contributed by atoms with Crippen molar-refractivity contribution in [2.24, 2.45) is 0 Å². The van der Waals surface area contributed by atoms with Crippen molar-refractivity contribution in [2.75, 3.05) is 6.61 Å². The van der Waals surface area contributed by atoms with Gasteiger partial charge in [-0.05, 0) is 25.0 Å². The monoisotopic (exact) mass is 358 g/mol. The highest BCUT2D eigenvalue weighted by Gasteiger charge is 2.20. The van der Waals surface area contributed by atoms with Crippen molar-refractivity contribution in [3.8, 4) is 0 Å². The average molecular weight is 358 g/mol. The van der Waals surface area contributed by atoms with E-state index in [2.05, 4.69) is 15.2 Å². The molecule has 130 valence electrons. The van der Waals surface area contributed by atoms with Gasteiger partial charge < -0.3 is 9.15 Å². The predicted molar refractivity (Wildman–Crippen MR) is 93.6 cm³/mol. The van der Waals surface area contributed by atoms with E-state index in [0.29, 0.717) is 40.1 Å². The summed E-state index contributed by atoms with van der Waals surface area (Å²) in [6.45, 7) is 3.02. The first-order valence-electron chi connectivity index (χ1n) is 8.23. The molecule has 1 aliphatic heterocycles. The molecule has 0 radical (unpaired) electrons. The number of ether oxygens (including phenoxy) is 1. The largest absolute Gasteiger partial charge is 0.425 e. The number of fused-ring (bicyclic) bond motifs is 1. The van der Waals surface area contributed by atoms with Crippen LogP contribution in [0.1, 0.15) is 24.6 Å². The van der Waals surface area contributed by atoms with Crippen molar-refractivity contribution in [3.63, 3.8) is 0 Å². The fourth-order valence-electron chi connectivity index (χ4n) is 2.93.